The van der Waals surface area contributed by atoms with E-state index >= 15 is 0 Å². The zero-order valence-corrected chi connectivity index (χ0v) is 12.8. The summed E-state index contributed by atoms with van der Waals surface area (Å²) in [5, 5.41) is 10.7. The molecule has 0 aromatic rings. The molecular weight excluding hydrogens is 238 g/mol. The smallest absolute Gasteiger partial charge is 0.0963 e. The molecule has 112 valence electrons. The van der Waals surface area contributed by atoms with Crippen LogP contribution in [0.4, 0.5) is 0 Å². The summed E-state index contributed by atoms with van der Waals surface area (Å²) in [6, 6.07) is 0.549. The van der Waals surface area contributed by atoms with Gasteiger partial charge >= 0.3 is 0 Å². The van der Waals surface area contributed by atoms with Gasteiger partial charge in [0.05, 0.1) is 18.8 Å². The topological polar surface area (TPSA) is 32.7 Å². The first-order valence-electron chi connectivity index (χ1n) is 8.15. The highest BCUT2D eigenvalue weighted by molar-refractivity contribution is 4.86. The first-order chi connectivity index (χ1) is 9.11. The number of ether oxygens (including phenoxy) is 1. The van der Waals surface area contributed by atoms with Crippen LogP contribution < -0.4 is 0 Å². The Bertz CT molecular complexity index is 269. The molecule has 19 heavy (non-hydrogen) atoms. The summed E-state index contributed by atoms with van der Waals surface area (Å²) in [7, 11) is 0. The van der Waals surface area contributed by atoms with Gasteiger partial charge in [0, 0.05) is 19.1 Å². The number of aliphatic hydroxyl groups excluding tert-OH is 1. The third-order valence-electron chi connectivity index (χ3n) is 5.12. The molecule has 0 bridgehead atoms. The summed E-state index contributed by atoms with van der Waals surface area (Å²) >= 11 is 0. The second-order valence-corrected chi connectivity index (χ2v) is 6.69. The normalized spacial score (nSPS) is 35.5. The molecule has 2 fully saturated rings. The van der Waals surface area contributed by atoms with Crippen LogP contribution in [-0.4, -0.2) is 48.0 Å². The van der Waals surface area contributed by atoms with Crippen molar-refractivity contribution < 1.29 is 9.84 Å². The molecule has 1 saturated carbocycles. The SMILES string of the molecule is CCC1CCCC(C(O)C2CN(C(C)C)CCO2)C1. The average Bonchev–Trinajstić information content (AvgIpc) is 2.46. The van der Waals surface area contributed by atoms with Crippen LogP contribution in [0.25, 0.3) is 0 Å². The van der Waals surface area contributed by atoms with Crippen molar-refractivity contribution in [3.05, 3.63) is 0 Å². The maximum atomic E-state index is 10.7. The molecule has 0 spiro atoms. The maximum Gasteiger partial charge on any atom is 0.0963 e. The highest BCUT2D eigenvalue weighted by Crippen LogP contribution is 2.34. The van der Waals surface area contributed by atoms with Gasteiger partial charge < -0.3 is 9.84 Å². The summed E-state index contributed by atoms with van der Waals surface area (Å²) in [4.78, 5) is 2.43. The minimum Gasteiger partial charge on any atom is -0.390 e. The average molecular weight is 269 g/mol. The minimum atomic E-state index is -0.268. The van der Waals surface area contributed by atoms with E-state index in [0.717, 1.165) is 25.6 Å². The lowest BCUT2D eigenvalue weighted by Gasteiger charge is -2.41. The monoisotopic (exact) mass is 269 g/mol. The highest BCUT2D eigenvalue weighted by Gasteiger charge is 2.35. The Hall–Kier alpha value is -0.120. The maximum absolute atomic E-state index is 10.7. The first-order valence-corrected chi connectivity index (χ1v) is 8.15. The van der Waals surface area contributed by atoms with Crippen molar-refractivity contribution in [1.29, 1.82) is 0 Å². The molecule has 4 atom stereocenters. The molecule has 4 unspecified atom stereocenters. The first kappa shape index (κ1) is 15.3. The summed E-state index contributed by atoms with van der Waals surface area (Å²) < 4.78 is 5.85. The molecule has 1 aliphatic carbocycles. The van der Waals surface area contributed by atoms with Gasteiger partial charge in [-0.05, 0) is 38.5 Å². The van der Waals surface area contributed by atoms with Crippen LogP contribution in [0.1, 0.15) is 52.9 Å². The van der Waals surface area contributed by atoms with Gasteiger partial charge in [-0.2, -0.15) is 0 Å². The van der Waals surface area contributed by atoms with E-state index in [-0.39, 0.29) is 12.2 Å². The van der Waals surface area contributed by atoms with E-state index in [9.17, 15) is 5.11 Å². The van der Waals surface area contributed by atoms with E-state index in [2.05, 4.69) is 25.7 Å². The van der Waals surface area contributed by atoms with Crippen LogP contribution in [0.3, 0.4) is 0 Å². The summed E-state index contributed by atoms with van der Waals surface area (Å²) in [5.74, 6) is 1.27. The fourth-order valence-corrected chi connectivity index (χ4v) is 3.69. The quantitative estimate of drug-likeness (QED) is 0.851. The highest BCUT2D eigenvalue weighted by atomic mass is 16.5. The number of morpholine rings is 1. The minimum absolute atomic E-state index is 0.0248. The van der Waals surface area contributed by atoms with E-state index in [0.29, 0.717) is 12.0 Å². The zero-order chi connectivity index (χ0) is 13.8. The van der Waals surface area contributed by atoms with E-state index in [1.54, 1.807) is 0 Å². The number of hydrogen-bond donors (Lipinski definition) is 1. The van der Waals surface area contributed by atoms with Crippen LogP contribution in [-0.2, 0) is 4.74 Å². The van der Waals surface area contributed by atoms with E-state index in [4.69, 9.17) is 4.74 Å². The molecule has 0 aromatic carbocycles. The molecule has 3 nitrogen and oxygen atoms in total. The molecule has 0 radical (unpaired) electrons. The Balaban J connectivity index is 1.89. The zero-order valence-electron chi connectivity index (χ0n) is 12.8. The van der Waals surface area contributed by atoms with Gasteiger partial charge in [0.25, 0.3) is 0 Å². The second-order valence-electron chi connectivity index (χ2n) is 6.69. The standard InChI is InChI=1S/C16H31NO2/c1-4-13-6-5-7-14(10-13)16(18)15-11-17(12(2)3)8-9-19-15/h12-16,18H,4-11H2,1-3H3. The van der Waals surface area contributed by atoms with Crippen LogP contribution in [0.15, 0.2) is 0 Å². The van der Waals surface area contributed by atoms with E-state index in [1.165, 1.54) is 32.1 Å². The number of nitrogens with zero attached hydrogens (tertiary/aromatic N) is 1. The molecule has 1 N–H and O–H groups in total. The molecule has 3 heteroatoms. The molecule has 0 amide bonds. The number of aliphatic hydroxyl groups is 1. The molecule has 0 aromatic heterocycles. The van der Waals surface area contributed by atoms with Gasteiger partial charge in [0.15, 0.2) is 0 Å². The molecule has 2 rings (SSSR count). The lowest BCUT2D eigenvalue weighted by atomic mass is 9.76. The van der Waals surface area contributed by atoms with Crippen LogP contribution >= 0.6 is 0 Å². The predicted octanol–water partition coefficient (Wildman–Crippen LogP) is 2.67. The van der Waals surface area contributed by atoms with Gasteiger partial charge in [0.1, 0.15) is 0 Å². The Morgan fingerprint density at radius 1 is 1.32 bits per heavy atom. The van der Waals surface area contributed by atoms with Crippen molar-refractivity contribution in [1.82, 2.24) is 4.90 Å². The van der Waals surface area contributed by atoms with Crippen LogP contribution in [0.5, 0.6) is 0 Å². The third kappa shape index (κ3) is 3.93. The van der Waals surface area contributed by atoms with Crippen LogP contribution in [0.2, 0.25) is 0 Å². The van der Waals surface area contributed by atoms with Crippen LogP contribution in [0, 0.1) is 11.8 Å². The fourth-order valence-electron chi connectivity index (χ4n) is 3.69. The summed E-state index contributed by atoms with van der Waals surface area (Å²) in [5.41, 5.74) is 0. The van der Waals surface area contributed by atoms with Gasteiger partial charge in [-0.3, -0.25) is 4.90 Å². The Kier molecular flexibility index (Phi) is 5.67. The Morgan fingerprint density at radius 2 is 2.11 bits per heavy atom. The molecule has 2 aliphatic rings. The fraction of sp³-hybridized carbons (Fsp3) is 1.00. The van der Waals surface area contributed by atoms with Gasteiger partial charge in [0.2, 0.25) is 0 Å². The Morgan fingerprint density at radius 3 is 2.79 bits per heavy atom. The number of rotatable bonds is 4. The molecule has 1 aliphatic heterocycles. The molecular formula is C16H31NO2. The summed E-state index contributed by atoms with van der Waals surface area (Å²) in [6.07, 6.45) is 6.02. The van der Waals surface area contributed by atoms with Crippen molar-refractivity contribution >= 4 is 0 Å². The lowest BCUT2D eigenvalue weighted by Crippen LogP contribution is -2.52. The van der Waals surface area contributed by atoms with E-state index in [1.807, 2.05) is 0 Å². The summed E-state index contributed by atoms with van der Waals surface area (Å²) in [6.45, 7) is 9.39. The largest absolute Gasteiger partial charge is 0.390 e. The van der Waals surface area contributed by atoms with Gasteiger partial charge in [-0.15, -0.1) is 0 Å². The van der Waals surface area contributed by atoms with Gasteiger partial charge in [-0.25, -0.2) is 0 Å². The van der Waals surface area contributed by atoms with Gasteiger partial charge in [-0.1, -0.05) is 26.2 Å². The van der Waals surface area contributed by atoms with Crippen molar-refractivity contribution in [2.45, 2.75) is 71.1 Å². The van der Waals surface area contributed by atoms with Crippen molar-refractivity contribution in [2.75, 3.05) is 19.7 Å². The molecule has 1 saturated heterocycles. The van der Waals surface area contributed by atoms with Crippen molar-refractivity contribution in [2.24, 2.45) is 11.8 Å². The third-order valence-corrected chi connectivity index (χ3v) is 5.12. The van der Waals surface area contributed by atoms with Crippen molar-refractivity contribution in [3.63, 3.8) is 0 Å². The molecule has 1 heterocycles. The predicted molar refractivity (Wildman–Crippen MR) is 78.2 cm³/mol. The number of hydrogen-bond acceptors (Lipinski definition) is 3. The van der Waals surface area contributed by atoms with Crippen molar-refractivity contribution in [3.8, 4) is 0 Å². The second kappa shape index (κ2) is 7.05. The Labute approximate surface area is 118 Å². The lowest BCUT2D eigenvalue weighted by molar-refractivity contribution is -0.117. The van der Waals surface area contributed by atoms with E-state index < -0.39 is 0 Å².